The molecule has 0 saturated carbocycles. The van der Waals surface area contributed by atoms with Crippen LogP contribution in [0.25, 0.3) is 0 Å². The Kier molecular flexibility index (Phi) is 2.50. The summed E-state index contributed by atoms with van der Waals surface area (Å²) in [4.78, 5) is 2.24. The van der Waals surface area contributed by atoms with E-state index >= 15 is 0 Å². The monoisotopic (exact) mass is 220 g/mol. The molecule has 0 aromatic carbocycles. The van der Waals surface area contributed by atoms with Crippen molar-refractivity contribution in [2.75, 3.05) is 0 Å². The molecule has 3 heteroatoms. The second kappa shape index (κ2) is 3.03. The molecule has 0 unspecified atom stereocenters. The van der Waals surface area contributed by atoms with Gasteiger partial charge >= 0.3 is 0 Å². The molecule has 1 rings (SSSR count). The van der Waals surface area contributed by atoms with Gasteiger partial charge in [-0.05, 0) is 35.8 Å². The summed E-state index contributed by atoms with van der Waals surface area (Å²) >= 11 is 5.01. The van der Waals surface area contributed by atoms with Gasteiger partial charge in [0.1, 0.15) is 0 Å². The normalized spacial score (nSPS) is 13.6. The van der Waals surface area contributed by atoms with Crippen LogP contribution in [-0.2, 0) is 0 Å². The average Bonchev–Trinajstić information content (AvgIpc) is 2.13. The third-order valence-electron chi connectivity index (χ3n) is 1.29. The Hall–Kier alpha value is 0.140. The molecule has 0 amide bonds. The molecule has 0 spiro atoms. The van der Waals surface area contributed by atoms with Crippen molar-refractivity contribution >= 4 is 27.3 Å². The number of aryl methyl sites for hydroxylation is 1. The zero-order chi connectivity index (χ0) is 7.72. The van der Waals surface area contributed by atoms with Crippen LogP contribution in [0.15, 0.2) is 10.5 Å². The van der Waals surface area contributed by atoms with E-state index in [0.29, 0.717) is 0 Å². The van der Waals surface area contributed by atoms with Crippen molar-refractivity contribution in [1.82, 2.24) is 0 Å². The standard InChI is InChI=1S/C7H9BrOS/c1-4(9)7-3-6(8)5(2)10-7/h3-4,9H,1-2H3/t4-/m1/s1. The van der Waals surface area contributed by atoms with E-state index < -0.39 is 0 Å². The van der Waals surface area contributed by atoms with E-state index in [2.05, 4.69) is 15.9 Å². The highest BCUT2D eigenvalue weighted by Crippen LogP contribution is 2.29. The fourth-order valence-electron chi connectivity index (χ4n) is 0.687. The molecule has 0 saturated heterocycles. The maximum Gasteiger partial charge on any atom is 0.0854 e. The predicted molar refractivity (Wildman–Crippen MR) is 47.4 cm³/mol. The van der Waals surface area contributed by atoms with E-state index in [9.17, 15) is 0 Å². The molecule has 0 bridgehead atoms. The fourth-order valence-corrected chi connectivity index (χ4v) is 2.19. The van der Waals surface area contributed by atoms with Crippen LogP contribution in [0.2, 0.25) is 0 Å². The largest absolute Gasteiger partial charge is 0.388 e. The van der Waals surface area contributed by atoms with Crippen molar-refractivity contribution in [3.05, 3.63) is 20.3 Å². The van der Waals surface area contributed by atoms with Crippen molar-refractivity contribution < 1.29 is 5.11 Å². The topological polar surface area (TPSA) is 20.2 Å². The predicted octanol–water partition coefficient (Wildman–Crippen LogP) is 2.87. The highest BCUT2D eigenvalue weighted by Gasteiger charge is 2.06. The average molecular weight is 221 g/mol. The lowest BCUT2D eigenvalue weighted by molar-refractivity contribution is 0.203. The van der Waals surface area contributed by atoms with Crippen LogP contribution in [0.4, 0.5) is 0 Å². The van der Waals surface area contributed by atoms with Crippen LogP contribution in [-0.4, -0.2) is 5.11 Å². The third-order valence-corrected chi connectivity index (χ3v) is 3.59. The second-order valence-corrected chi connectivity index (χ2v) is 4.37. The Labute approximate surface area is 72.8 Å². The summed E-state index contributed by atoms with van der Waals surface area (Å²) < 4.78 is 1.09. The van der Waals surface area contributed by atoms with Crippen molar-refractivity contribution in [3.63, 3.8) is 0 Å². The van der Waals surface area contributed by atoms with Gasteiger partial charge in [0.2, 0.25) is 0 Å². The van der Waals surface area contributed by atoms with Crippen molar-refractivity contribution in [2.45, 2.75) is 20.0 Å². The van der Waals surface area contributed by atoms with Crippen LogP contribution in [0.5, 0.6) is 0 Å². The number of rotatable bonds is 1. The van der Waals surface area contributed by atoms with E-state index in [0.717, 1.165) is 9.35 Å². The molecule has 56 valence electrons. The van der Waals surface area contributed by atoms with Crippen molar-refractivity contribution in [2.24, 2.45) is 0 Å². The van der Waals surface area contributed by atoms with E-state index in [-0.39, 0.29) is 6.10 Å². The minimum absolute atomic E-state index is 0.338. The van der Waals surface area contributed by atoms with Gasteiger partial charge in [0.05, 0.1) is 6.10 Å². The quantitative estimate of drug-likeness (QED) is 0.773. The lowest BCUT2D eigenvalue weighted by atomic mass is 10.3. The first kappa shape index (κ1) is 8.24. The van der Waals surface area contributed by atoms with Gasteiger partial charge in [-0.1, -0.05) is 0 Å². The summed E-state index contributed by atoms with van der Waals surface area (Å²) in [7, 11) is 0. The summed E-state index contributed by atoms with van der Waals surface area (Å²) in [5.74, 6) is 0. The van der Waals surface area contributed by atoms with E-state index in [1.54, 1.807) is 18.3 Å². The molecule has 0 fully saturated rings. The highest BCUT2D eigenvalue weighted by atomic mass is 79.9. The Morgan fingerprint density at radius 3 is 2.50 bits per heavy atom. The molecule has 1 aromatic rings. The second-order valence-electron chi connectivity index (χ2n) is 2.23. The van der Waals surface area contributed by atoms with Crippen LogP contribution < -0.4 is 0 Å². The Balaban J connectivity index is 2.98. The van der Waals surface area contributed by atoms with Crippen LogP contribution in [0.1, 0.15) is 22.8 Å². The third kappa shape index (κ3) is 1.59. The Bertz CT molecular complexity index is 210. The lowest BCUT2D eigenvalue weighted by Crippen LogP contribution is -1.83. The number of aliphatic hydroxyl groups is 1. The number of halogens is 1. The summed E-state index contributed by atoms with van der Waals surface area (Å²) in [6, 6.07) is 1.96. The minimum Gasteiger partial charge on any atom is -0.388 e. The Morgan fingerprint density at radius 2 is 2.30 bits per heavy atom. The van der Waals surface area contributed by atoms with Gasteiger partial charge in [0, 0.05) is 14.2 Å². The SMILES string of the molecule is Cc1sc([C@@H](C)O)cc1Br. The van der Waals surface area contributed by atoms with Gasteiger partial charge in [-0.2, -0.15) is 0 Å². The summed E-state index contributed by atoms with van der Waals surface area (Å²) in [6.07, 6.45) is -0.338. The first-order chi connectivity index (χ1) is 4.61. The van der Waals surface area contributed by atoms with Crippen LogP contribution in [0.3, 0.4) is 0 Å². The van der Waals surface area contributed by atoms with Crippen molar-refractivity contribution in [1.29, 1.82) is 0 Å². The first-order valence-electron chi connectivity index (χ1n) is 3.05. The fraction of sp³-hybridized carbons (Fsp3) is 0.429. The molecule has 0 radical (unpaired) electrons. The molecule has 0 aliphatic rings. The first-order valence-corrected chi connectivity index (χ1v) is 4.66. The summed E-state index contributed by atoms with van der Waals surface area (Å²) in [6.45, 7) is 3.80. The van der Waals surface area contributed by atoms with Crippen molar-refractivity contribution in [3.8, 4) is 0 Å². The molecule has 1 atom stereocenters. The van der Waals surface area contributed by atoms with Gasteiger partial charge in [0.25, 0.3) is 0 Å². The van der Waals surface area contributed by atoms with E-state index in [4.69, 9.17) is 5.11 Å². The number of aliphatic hydroxyl groups excluding tert-OH is 1. The van der Waals surface area contributed by atoms with Gasteiger partial charge < -0.3 is 5.11 Å². The molecule has 1 aromatic heterocycles. The molecule has 0 aliphatic heterocycles. The molecule has 0 aliphatic carbocycles. The highest BCUT2D eigenvalue weighted by molar-refractivity contribution is 9.10. The number of hydrogen-bond acceptors (Lipinski definition) is 2. The molecule has 10 heavy (non-hydrogen) atoms. The van der Waals surface area contributed by atoms with E-state index in [1.165, 1.54) is 4.88 Å². The maximum atomic E-state index is 9.15. The Morgan fingerprint density at radius 1 is 1.70 bits per heavy atom. The zero-order valence-electron chi connectivity index (χ0n) is 5.89. The van der Waals surface area contributed by atoms with Crippen LogP contribution >= 0.6 is 27.3 Å². The van der Waals surface area contributed by atoms with Gasteiger partial charge in [-0.25, -0.2) is 0 Å². The minimum atomic E-state index is -0.338. The number of thiophene rings is 1. The lowest BCUT2D eigenvalue weighted by Gasteiger charge is -1.95. The van der Waals surface area contributed by atoms with Gasteiger partial charge in [0.15, 0.2) is 0 Å². The van der Waals surface area contributed by atoms with Gasteiger partial charge in [-0.15, -0.1) is 11.3 Å². The summed E-state index contributed by atoms with van der Waals surface area (Å²) in [5, 5.41) is 9.15. The van der Waals surface area contributed by atoms with Crippen LogP contribution in [0, 0.1) is 6.92 Å². The molecule has 1 nitrogen and oxygen atoms in total. The van der Waals surface area contributed by atoms with E-state index in [1.807, 2.05) is 13.0 Å². The maximum absolute atomic E-state index is 9.15. The number of hydrogen-bond donors (Lipinski definition) is 1. The molecular formula is C7H9BrOS. The molecule has 1 heterocycles. The van der Waals surface area contributed by atoms with Gasteiger partial charge in [-0.3, -0.25) is 0 Å². The molecule has 1 N–H and O–H groups in total. The molecular weight excluding hydrogens is 212 g/mol. The summed E-state index contributed by atoms with van der Waals surface area (Å²) in [5.41, 5.74) is 0. The smallest absolute Gasteiger partial charge is 0.0854 e. The zero-order valence-corrected chi connectivity index (χ0v) is 8.29.